The number of nitrogens with zero attached hydrogens (tertiary/aromatic N) is 2. The molecule has 0 fully saturated rings. The maximum atomic E-state index is 12.3. The third-order valence-electron chi connectivity index (χ3n) is 4.45. The molecule has 0 aliphatic carbocycles. The van der Waals surface area contributed by atoms with Crippen LogP contribution in [0.1, 0.15) is 23.6 Å². The van der Waals surface area contributed by atoms with E-state index in [1.54, 1.807) is 12.4 Å². The highest BCUT2D eigenvalue weighted by atomic mass is 16.5. The first-order valence-corrected chi connectivity index (χ1v) is 8.55. The number of amides is 2. The predicted octanol–water partition coefficient (Wildman–Crippen LogP) is 2.21. The van der Waals surface area contributed by atoms with E-state index in [0.717, 1.165) is 16.9 Å². The highest BCUT2D eigenvalue weighted by Gasteiger charge is 2.31. The van der Waals surface area contributed by atoms with Crippen LogP contribution in [0.25, 0.3) is 5.69 Å². The van der Waals surface area contributed by atoms with Crippen molar-refractivity contribution in [1.82, 2.24) is 9.55 Å². The van der Waals surface area contributed by atoms with Crippen LogP contribution in [-0.4, -0.2) is 28.0 Å². The van der Waals surface area contributed by atoms with Gasteiger partial charge in [0.05, 0.1) is 5.69 Å². The summed E-state index contributed by atoms with van der Waals surface area (Å²) in [5.41, 5.74) is 7.74. The largest absolute Gasteiger partial charge is 0.484 e. The predicted molar refractivity (Wildman–Crippen MR) is 99.8 cm³/mol. The van der Waals surface area contributed by atoms with Gasteiger partial charge in [-0.15, -0.1) is 0 Å². The van der Waals surface area contributed by atoms with Crippen LogP contribution in [0.2, 0.25) is 0 Å². The minimum absolute atomic E-state index is 0.0753. The van der Waals surface area contributed by atoms with Gasteiger partial charge in [-0.1, -0.05) is 30.3 Å². The Hall–Kier alpha value is -3.61. The van der Waals surface area contributed by atoms with Crippen LogP contribution in [0.15, 0.2) is 60.9 Å². The van der Waals surface area contributed by atoms with Gasteiger partial charge in [-0.3, -0.25) is 14.2 Å². The highest BCUT2D eigenvalue weighted by Crippen LogP contribution is 2.38. The smallest absolute Gasteiger partial charge is 0.255 e. The summed E-state index contributed by atoms with van der Waals surface area (Å²) >= 11 is 0. The third-order valence-corrected chi connectivity index (χ3v) is 4.45. The van der Waals surface area contributed by atoms with E-state index in [4.69, 9.17) is 10.5 Å². The molecule has 2 aromatic carbocycles. The van der Waals surface area contributed by atoms with E-state index in [-0.39, 0.29) is 24.9 Å². The molecule has 3 N–H and O–H groups in total. The zero-order chi connectivity index (χ0) is 18.8. The standard InChI is InChI=1S/C20H18N4O3/c21-17(25)11-27-15-8-4-5-13(9-15)16-10-18(26)23-20-19(16)22-12-24(20)14-6-2-1-3-7-14/h1-9,12,16H,10-11H2,(H2,21,25)(H,23,26)/t16-/m1/s1. The lowest BCUT2D eigenvalue weighted by Crippen LogP contribution is -2.25. The van der Waals surface area contributed by atoms with Crippen LogP contribution in [-0.2, 0) is 9.59 Å². The number of ether oxygens (including phenoxy) is 1. The Labute approximate surface area is 155 Å². The summed E-state index contributed by atoms with van der Waals surface area (Å²) < 4.78 is 7.26. The number of aromatic nitrogens is 2. The highest BCUT2D eigenvalue weighted by molar-refractivity contribution is 5.94. The number of nitrogens with two attached hydrogens (primary N) is 1. The molecule has 7 nitrogen and oxygen atoms in total. The second kappa shape index (κ2) is 6.95. The summed E-state index contributed by atoms with van der Waals surface area (Å²) in [5.74, 6) is 0.387. The number of primary amides is 1. The molecule has 2 amide bonds. The molecular formula is C20H18N4O3. The van der Waals surface area contributed by atoms with Crippen molar-refractivity contribution in [1.29, 1.82) is 0 Å². The molecule has 0 radical (unpaired) electrons. The minimum atomic E-state index is -0.540. The van der Waals surface area contributed by atoms with Crippen molar-refractivity contribution in [2.24, 2.45) is 5.73 Å². The second-order valence-electron chi connectivity index (χ2n) is 6.32. The fraction of sp³-hybridized carbons (Fsp3) is 0.150. The topological polar surface area (TPSA) is 99.2 Å². The molecule has 1 aliphatic heterocycles. The van der Waals surface area contributed by atoms with E-state index < -0.39 is 5.91 Å². The zero-order valence-electron chi connectivity index (χ0n) is 14.5. The Balaban J connectivity index is 1.70. The van der Waals surface area contributed by atoms with Gasteiger partial charge in [0.2, 0.25) is 5.91 Å². The van der Waals surface area contributed by atoms with Crippen LogP contribution in [0, 0.1) is 0 Å². The molecular weight excluding hydrogens is 344 g/mol. The van der Waals surface area contributed by atoms with Crippen molar-refractivity contribution in [3.8, 4) is 11.4 Å². The first-order valence-electron chi connectivity index (χ1n) is 8.55. The molecule has 1 aliphatic rings. The lowest BCUT2D eigenvalue weighted by atomic mass is 9.89. The molecule has 0 spiro atoms. The van der Waals surface area contributed by atoms with Gasteiger partial charge >= 0.3 is 0 Å². The Kier molecular flexibility index (Phi) is 4.33. The first kappa shape index (κ1) is 16.8. The number of hydrogen-bond donors (Lipinski definition) is 2. The average Bonchev–Trinajstić information content (AvgIpc) is 3.10. The number of carbonyl (C=O) groups is 2. The molecule has 7 heteroatoms. The van der Waals surface area contributed by atoms with E-state index in [1.807, 2.05) is 53.1 Å². The van der Waals surface area contributed by atoms with Gasteiger partial charge in [0.15, 0.2) is 6.61 Å². The van der Waals surface area contributed by atoms with Crippen molar-refractivity contribution >= 4 is 17.6 Å². The lowest BCUT2D eigenvalue weighted by molar-refractivity contribution is -0.120. The maximum absolute atomic E-state index is 12.3. The maximum Gasteiger partial charge on any atom is 0.255 e. The Morgan fingerprint density at radius 1 is 1.22 bits per heavy atom. The molecule has 4 rings (SSSR count). The average molecular weight is 362 g/mol. The molecule has 2 heterocycles. The van der Waals surface area contributed by atoms with Crippen LogP contribution in [0.3, 0.4) is 0 Å². The number of nitrogens with one attached hydrogen (secondary N) is 1. The number of imidazole rings is 1. The van der Waals surface area contributed by atoms with E-state index in [1.165, 1.54) is 0 Å². The SMILES string of the molecule is NC(=O)COc1cccc([C@H]2CC(=O)Nc3c2ncn3-c2ccccc2)c1. The van der Waals surface area contributed by atoms with Gasteiger partial charge in [0.1, 0.15) is 17.9 Å². The first-order chi connectivity index (χ1) is 13.1. The number of fused-ring (bicyclic) bond motifs is 1. The molecule has 27 heavy (non-hydrogen) atoms. The van der Waals surface area contributed by atoms with E-state index >= 15 is 0 Å². The van der Waals surface area contributed by atoms with E-state index in [2.05, 4.69) is 10.3 Å². The Morgan fingerprint density at radius 3 is 2.81 bits per heavy atom. The van der Waals surface area contributed by atoms with E-state index in [0.29, 0.717) is 11.6 Å². The molecule has 136 valence electrons. The van der Waals surface area contributed by atoms with Gasteiger partial charge in [0.25, 0.3) is 5.91 Å². The van der Waals surface area contributed by atoms with Crippen LogP contribution in [0.4, 0.5) is 5.82 Å². The normalized spacial score (nSPS) is 15.7. The summed E-state index contributed by atoms with van der Waals surface area (Å²) in [6.07, 6.45) is 2.00. The number of hydrogen-bond acceptors (Lipinski definition) is 4. The summed E-state index contributed by atoms with van der Waals surface area (Å²) in [4.78, 5) is 27.8. The van der Waals surface area contributed by atoms with Gasteiger partial charge in [-0.05, 0) is 29.8 Å². The van der Waals surface area contributed by atoms with Gasteiger partial charge in [-0.2, -0.15) is 0 Å². The molecule has 0 unspecified atom stereocenters. The number of rotatable bonds is 5. The van der Waals surface area contributed by atoms with Gasteiger partial charge in [-0.25, -0.2) is 4.98 Å². The number of para-hydroxylation sites is 1. The second-order valence-corrected chi connectivity index (χ2v) is 6.32. The fourth-order valence-corrected chi connectivity index (χ4v) is 3.24. The summed E-state index contributed by atoms with van der Waals surface area (Å²) in [6, 6.07) is 17.0. The molecule has 0 bridgehead atoms. The number of anilines is 1. The fourth-order valence-electron chi connectivity index (χ4n) is 3.24. The van der Waals surface area contributed by atoms with E-state index in [9.17, 15) is 9.59 Å². The number of carbonyl (C=O) groups excluding carboxylic acids is 2. The summed E-state index contributed by atoms with van der Waals surface area (Å²) in [7, 11) is 0. The van der Waals surface area contributed by atoms with Crippen molar-refractivity contribution in [3.63, 3.8) is 0 Å². The van der Waals surface area contributed by atoms with Gasteiger partial charge in [0, 0.05) is 18.0 Å². The zero-order valence-corrected chi connectivity index (χ0v) is 14.5. The Morgan fingerprint density at radius 2 is 2.04 bits per heavy atom. The lowest BCUT2D eigenvalue weighted by Gasteiger charge is -2.23. The van der Waals surface area contributed by atoms with Crippen LogP contribution < -0.4 is 15.8 Å². The molecule has 0 saturated carbocycles. The van der Waals surface area contributed by atoms with Gasteiger partial charge < -0.3 is 15.8 Å². The third kappa shape index (κ3) is 3.39. The molecule has 1 atom stereocenters. The van der Waals surface area contributed by atoms with Crippen molar-refractivity contribution < 1.29 is 14.3 Å². The molecule has 1 aromatic heterocycles. The Bertz CT molecular complexity index is 997. The van der Waals surface area contributed by atoms with Crippen LogP contribution >= 0.6 is 0 Å². The summed E-state index contributed by atoms with van der Waals surface area (Å²) in [6.45, 7) is -0.192. The van der Waals surface area contributed by atoms with Crippen molar-refractivity contribution in [2.45, 2.75) is 12.3 Å². The molecule has 0 saturated heterocycles. The quantitative estimate of drug-likeness (QED) is 0.727. The minimum Gasteiger partial charge on any atom is -0.484 e. The number of benzene rings is 2. The van der Waals surface area contributed by atoms with Crippen molar-refractivity contribution in [3.05, 3.63) is 72.2 Å². The monoisotopic (exact) mass is 362 g/mol. The molecule has 3 aromatic rings. The van der Waals surface area contributed by atoms with Crippen LogP contribution in [0.5, 0.6) is 5.75 Å². The van der Waals surface area contributed by atoms with Crippen molar-refractivity contribution in [2.75, 3.05) is 11.9 Å². The summed E-state index contributed by atoms with van der Waals surface area (Å²) in [5, 5.41) is 2.93.